The molecule has 0 aliphatic rings. The topological polar surface area (TPSA) is 94.0 Å². The number of carboxylic acid groups (broad SMARTS) is 1. The van der Waals surface area contributed by atoms with Crippen LogP contribution < -0.4 is 0 Å². The van der Waals surface area contributed by atoms with Crippen LogP contribution in [0.2, 0.25) is 0 Å². The Kier molecular flexibility index (Phi) is 4.02. The Morgan fingerprint density at radius 1 is 1.43 bits per heavy atom. The summed E-state index contributed by atoms with van der Waals surface area (Å²) >= 11 is 2.67. The predicted molar refractivity (Wildman–Crippen MR) is 77.3 cm³/mol. The molecule has 0 saturated carbocycles. The lowest BCUT2D eigenvalue weighted by Crippen LogP contribution is -2.05. The second kappa shape index (κ2) is 6.10. The van der Waals surface area contributed by atoms with Crippen molar-refractivity contribution in [1.29, 1.82) is 0 Å². The molecule has 21 heavy (non-hydrogen) atoms. The van der Waals surface area contributed by atoms with Crippen molar-refractivity contribution in [3.05, 3.63) is 35.5 Å². The average molecular weight is 322 g/mol. The summed E-state index contributed by atoms with van der Waals surface area (Å²) in [6, 6.07) is 5.62. The highest BCUT2D eigenvalue weighted by atomic mass is 32.2. The number of carboxylic acids is 1. The third kappa shape index (κ3) is 3.14. The predicted octanol–water partition coefficient (Wildman–Crippen LogP) is 2.22. The van der Waals surface area contributed by atoms with E-state index in [-0.39, 0.29) is 5.75 Å². The highest BCUT2D eigenvalue weighted by Crippen LogP contribution is 2.27. The van der Waals surface area contributed by atoms with Gasteiger partial charge >= 0.3 is 5.97 Å². The molecule has 108 valence electrons. The maximum atomic E-state index is 10.7. The Bertz CT molecular complexity index is 722. The van der Waals surface area contributed by atoms with E-state index >= 15 is 0 Å². The molecule has 0 bridgehead atoms. The molecule has 7 nitrogen and oxygen atoms in total. The molecule has 1 N–H and O–H groups in total. The summed E-state index contributed by atoms with van der Waals surface area (Å²) in [5, 5.41) is 23.2. The van der Waals surface area contributed by atoms with Crippen molar-refractivity contribution in [3.63, 3.8) is 0 Å². The van der Waals surface area contributed by atoms with Crippen LogP contribution in [-0.2, 0) is 11.3 Å². The summed E-state index contributed by atoms with van der Waals surface area (Å²) in [5.74, 6) is 0.380. The fourth-order valence-electron chi connectivity index (χ4n) is 1.73. The van der Waals surface area contributed by atoms with Crippen molar-refractivity contribution >= 4 is 29.1 Å². The second-order valence-corrected chi connectivity index (χ2v) is 5.92. The first-order valence-corrected chi connectivity index (χ1v) is 7.82. The van der Waals surface area contributed by atoms with Crippen molar-refractivity contribution in [2.45, 2.75) is 11.7 Å². The number of nitrogens with zero attached hydrogens (tertiary/aromatic N) is 4. The molecule has 3 heterocycles. The van der Waals surface area contributed by atoms with Gasteiger partial charge in [-0.3, -0.25) is 9.36 Å². The largest absolute Gasteiger partial charge is 0.481 e. The van der Waals surface area contributed by atoms with Gasteiger partial charge in [0.15, 0.2) is 16.7 Å². The molecule has 0 amide bonds. The number of thiophene rings is 1. The van der Waals surface area contributed by atoms with Gasteiger partial charge in [0, 0.05) is 6.07 Å². The number of carbonyl (C=O) groups is 1. The maximum Gasteiger partial charge on any atom is 0.313 e. The molecule has 0 unspecified atom stereocenters. The molecule has 0 saturated heterocycles. The normalized spacial score (nSPS) is 10.9. The van der Waals surface area contributed by atoms with E-state index in [9.17, 15) is 4.79 Å². The Labute approximate surface area is 127 Å². The first-order valence-electron chi connectivity index (χ1n) is 5.95. The lowest BCUT2D eigenvalue weighted by Gasteiger charge is -2.06. The van der Waals surface area contributed by atoms with E-state index in [4.69, 9.17) is 9.63 Å². The van der Waals surface area contributed by atoms with Crippen molar-refractivity contribution in [3.8, 4) is 10.7 Å². The zero-order chi connectivity index (χ0) is 14.7. The fraction of sp³-hybridized carbons (Fsp3) is 0.167. The summed E-state index contributed by atoms with van der Waals surface area (Å²) < 4.78 is 6.94. The van der Waals surface area contributed by atoms with Crippen LogP contribution in [0.5, 0.6) is 0 Å². The van der Waals surface area contributed by atoms with Crippen LogP contribution in [0, 0.1) is 0 Å². The summed E-state index contributed by atoms with van der Waals surface area (Å²) in [7, 11) is 0. The molecule has 9 heteroatoms. The molecular weight excluding hydrogens is 312 g/mol. The van der Waals surface area contributed by atoms with Gasteiger partial charge in [-0.15, -0.1) is 21.5 Å². The molecule has 0 atom stereocenters. The van der Waals surface area contributed by atoms with Gasteiger partial charge in [0.05, 0.1) is 23.4 Å². The average Bonchev–Trinajstić information content (AvgIpc) is 3.18. The van der Waals surface area contributed by atoms with Gasteiger partial charge in [-0.2, -0.15) is 0 Å². The van der Waals surface area contributed by atoms with Crippen LogP contribution in [-0.4, -0.2) is 36.7 Å². The zero-order valence-corrected chi connectivity index (χ0v) is 12.3. The fourth-order valence-corrected chi connectivity index (χ4v) is 3.11. The molecule has 3 aromatic heterocycles. The smallest absolute Gasteiger partial charge is 0.313 e. The Morgan fingerprint density at radius 3 is 3.00 bits per heavy atom. The van der Waals surface area contributed by atoms with Gasteiger partial charge in [0.1, 0.15) is 0 Å². The van der Waals surface area contributed by atoms with E-state index in [2.05, 4.69) is 15.4 Å². The summed E-state index contributed by atoms with van der Waals surface area (Å²) in [5.41, 5.74) is 0. The summed E-state index contributed by atoms with van der Waals surface area (Å²) in [6.45, 7) is 0.405. The number of aromatic nitrogens is 4. The minimum atomic E-state index is -0.896. The van der Waals surface area contributed by atoms with Crippen LogP contribution in [0.25, 0.3) is 10.7 Å². The van der Waals surface area contributed by atoms with Crippen LogP contribution in [0.15, 0.2) is 39.5 Å². The molecular formula is C12H10N4O3S2. The first kappa shape index (κ1) is 13.8. The van der Waals surface area contributed by atoms with Crippen LogP contribution in [0.1, 0.15) is 5.76 Å². The Morgan fingerprint density at radius 2 is 2.33 bits per heavy atom. The van der Waals surface area contributed by atoms with E-state index in [1.807, 2.05) is 22.1 Å². The van der Waals surface area contributed by atoms with Crippen molar-refractivity contribution in [2.24, 2.45) is 0 Å². The first-order chi connectivity index (χ1) is 10.2. The highest BCUT2D eigenvalue weighted by molar-refractivity contribution is 7.99. The monoisotopic (exact) mass is 322 g/mol. The van der Waals surface area contributed by atoms with Gasteiger partial charge in [0.2, 0.25) is 0 Å². The third-order valence-corrected chi connectivity index (χ3v) is 4.41. The standard InChI is InChI=1S/C12H10N4O3S2/c17-10(18)7-21-12-15-14-11(9-2-1-5-20-9)16(12)6-8-3-4-13-19-8/h1-5H,6-7H2,(H,17,18). The summed E-state index contributed by atoms with van der Waals surface area (Å²) in [6.07, 6.45) is 1.56. The molecule has 0 fully saturated rings. The number of rotatable bonds is 6. The quantitative estimate of drug-likeness (QED) is 0.695. The Hall–Kier alpha value is -2.13. The lowest BCUT2D eigenvalue weighted by molar-refractivity contribution is -0.133. The SMILES string of the molecule is O=C(O)CSc1nnc(-c2cccs2)n1Cc1ccno1. The van der Waals surface area contributed by atoms with Crippen molar-refractivity contribution in [1.82, 2.24) is 19.9 Å². The minimum Gasteiger partial charge on any atom is -0.481 e. The van der Waals surface area contributed by atoms with Gasteiger partial charge in [-0.1, -0.05) is 23.0 Å². The molecule has 0 spiro atoms. The van der Waals surface area contributed by atoms with Gasteiger partial charge in [0.25, 0.3) is 0 Å². The number of thioether (sulfide) groups is 1. The van der Waals surface area contributed by atoms with E-state index in [1.54, 1.807) is 23.6 Å². The third-order valence-electron chi connectivity index (χ3n) is 2.59. The minimum absolute atomic E-state index is 0.0705. The maximum absolute atomic E-state index is 10.7. The Balaban J connectivity index is 1.94. The number of aliphatic carboxylic acids is 1. The van der Waals surface area contributed by atoms with Gasteiger partial charge < -0.3 is 9.63 Å². The molecule has 3 aromatic rings. The molecule has 0 aliphatic carbocycles. The highest BCUT2D eigenvalue weighted by Gasteiger charge is 2.17. The van der Waals surface area contributed by atoms with Crippen molar-refractivity contribution < 1.29 is 14.4 Å². The van der Waals surface area contributed by atoms with Crippen LogP contribution in [0.3, 0.4) is 0 Å². The second-order valence-electron chi connectivity index (χ2n) is 4.03. The summed E-state index contributed by atoms with van der Waals surface area (Å²) in [4.78, 5) is 11.7. The molecule has 0 aliphatic heterocycles. The van der Waals surface area contributed by atoms with E-state index in [1.165, 1.54) is 0 Å². The van der Waals surface area contributed by atoms with Gasteiger partial charge in [-0.05, 0) is 11.4 Å². The number of hydrogen-bond donors (Lipinski definition) is 1. The number of hydrogen-bond acceptors (Lipinski definition) is 7. The molecule has 3 rings (SSSR count). The zero-order valence-electron chi connectivity index (χ0n) is 10.7. The van der Waals surface area contributed by atoms with Crippen LogP contribution >= 0.6 is 23.1 Å². The lowest BCUT2D eigenvalue weighted by atomic mass is 10.4. The van der Waals surface area contributed by atoms with Gasteiger partial charge in [-0.25, -0.2) is 0 Å². The van der Waals surface area contributed by atoms with Crippen molar-refractivity contribution in [2.75, 3.05) is 5.75 Å². The van der Waals surface area contributed by atoms with E-state index < -0.39 is 5.97 Å². The molecule has 0 aromatic carbocycles. The molecule has 0 radical (unpaired) electrons. The van der Waals surface area contributed by atoms with E-state index in [0.717, 1.165) is 16.6 Å². The van der Waals surface area contributed by atoms with Crippen LogP contribution in [0.4, 0.5) is 0 Å². The van der Waals surface area contributed by atoms with E-state index in [0.29, 0.717) is 23.3 Å².